The number of aromatic nitrogens is 5. The van der Waals surface area contributed by atoms with E-state index in [1.54, 1.807) is 0 Å². The summed E-state index contributed by atoms with van der Waals surface area (Å²) in [5.41, 5.74) is 11.5. The Hall–Kier alpha value is -6.20. The number of hydrogen-bond donors (Lipinski definition) is 0. The summed E-state index contributed by atoms with van der Waals surface area (Å²) in [5.74, 6) is 0. The van der Waals surface area contributed by atoms with Crippen LogP contribution < -0.4 is 4.52 Å². The van der Waals surface area contributed by atoms with Crippen molar-refractivity contribution in [2.75, 3.05) is 0 Å². The van der Waals surface area contributed by atoms with Gasteiger partial charge in [-0.15, -0.1) is 4.52 Å². The van der Waals surface area contributed by atoms with Crippen molar-refractivity contribution < 1.29 is 4.52 Å². The summed E-state index contributed by atoms with van der Waals surface area (Å²) in [7, 11) is 0. The lowest BCUT2D eigenvalue weighted by molar-refractivity contribution is -0.616. The molecule has 45 heavy (non-hydrogen) atoms. The molecule has 0 N–H and O–H groups in total. The van der Waals surface area contributed by atoms with Crippen molar-refractivity contribution in [3.8, 4) is 67.5 Å². The first kappa shape index (κ1) is 26.4. The van der Waals surface area contributed by atoms with Crippen LogP contribution >= 0.6 is 0 Å². The molecule has 8 aromatic rings. The maximum Gasteiger partial charge on any atom is 0.212 e. The molecule has 4 heterocycles. The maximum absolute atomic E-state index is 5.44. The molecule has 0 spiro atoms. The number of pyridine rings is 1. The van der Waals surface area contributed by atoms with Crippen molar-refractivity contribution in [3.05, 3.63) is 170 Å². The Morgan fingerprint density at radius 3 is 1.58 bits per heavy atom. The highest BCUT2D eigenvalue weighted by atomic mass is 15.3. The fourth-order valence-electron chi connectivity index (χ4n) is 5.87. The Morgan fingerprint density at radius 1 is 0.467 bits per heavy atom. The summed E-state index contributed by atoms with van der Waals surface area (Å²) < 4.78 is 4.24. The second-order valence-electron chi connectivity index (χ2n) is 10.8. The Morgan fingerprint density at radius 2 is 1.00 bits per heavy atom. The summed E-state index contributed by atoms with van der Waals surface area (Å²) in [6.45, 7) is 0. The van der Waals surface area contributed by atoms with Gasteiger partial charge in [0.05, 0.1) is 40.2 Å². The average molecular weight is 579 g/mol. The zero-order chi connectivity index (χ0) is 30.0. The second kappa shape index (κ2) is 11.5. The lowest BCUT2D eigenvalue weighted by Crippen LogP contribution is -2.26. The first-order valence-electron chi connectivity index (χ1n) is 15.0. The predicted molar refractivity (Wildman–Crippen MR) is 179 cm³/mol. The van der Waals surface area contributed by atoms with E-state index in [1.165, 1.54) is 0 Å². The van der Waals surface area contributed by atoms with E-state index < -0.39 is 0 Å². The van der Waals surface area contributed by atoms with Crippen LogP contribution in [0.1, 0.15) is 0 Å². The van der Waals surface area contributed by atoms with Gasteiger partial charge < -0.3 is 0 Å². The van der Waals surface area contributed by atoms with Gasteiger partial charge in [-0.3, -0.25) is 4.98 Å². The third-order valence-corrected chi connectivity index (χ3v) is 7.96. The van der Waals surface area contributed by atoms with Gasteiger partial charge in [0.25, 0.3) is 0 Å². The first-order valence-corrected chi connectivity index (χ1v) is 15.0. The molecular formula is C40H28N5+. The van der Waals surface area contributed by atoms with Gasteiger partial charge in [-0.1, -0.05) is 120 Å². The molecule has 0 fully saturated rings. The van der Waals surface area contributed by atoms with Gasteiger partial charge in [0.1, 0.15) is 5.69 Å². The summed E-state index contributed by atoms with van der Waals surface area (Å²) in [6.07, 6.45) is 8.09. The van der Waals surface area contributed by atoms with Gasteiger partial charge in [0.2, 0.25) is 12.4 Å². The second-order valence-corrected chi connectivity index (χ2v) is 10.8. The van der Waals surface area contributed by atoms with E-state index in [2.05, 4.69) is 88.2 Å². The minimum atomic E-state index is 0.828. The molecule has 0 aliphatic carbocycles. The van der Waals surface area contributed by atoms with Crippen LogP contribution in [0.4, 0.5) is 0 Å². The fourth-order valence-corrected chi connectivity index (χ4v) is 5.87. The van der Waals surface area contributed by atoms with Crippen LogP contribution in [0.5, 0.6) is 0 Å². The van der Waals surface area contributed by atoms with Crippen molar-refractivity contribution in [2.24, 2.45) is 0 Å². The van der Waals surface area contributed by atoms with Crippen LogP contribution in [-0.4, -0.2) is 19.5 Å². The molecule has 0 saturated heterocycles. The third-order valence-electron chi connectivity index (χ3n) is 7.96. The van der Waals surface area contributed by atoms with E-state index in [-0.39, 0.29) is 0 Å². The van der Waals surface area contributed by atoms with Gasteiger partial charge in [-0.05, 0) is 24.3 Å². The highest BCUT2D eigenvalue weighted by molar-refractivity contribution is 5.88. The molecule has 0 unspecified atom stereocenters. The topological polar surface area (TPSA) is 47.2 Å². The zero-order valence-electron chi connectivity index (χ0n) is 24.4. The van der Waals surface area contributed by atoms with Gasteiger partial charge in [0.15, 0.2) is 0 Å². The molecule has 0 atom stereocenters. The van der Waals surface area contributed by atoms with E-state index in [1.807, 2.05) is 91.3 Å². The Bertz CT molecular complexity index is 2240. The van der Waals surface area contributed by atoms with Crippen LogP contribution in [-0.2, 0) is 0 Å². The van der Waals surface area contributed by atoms with Gasteiger partial charge >= 0.3 is 0 Å². The van der Waals surface area contributed by atoms with E-state index in [0.717, 1.165) is 67.5 Å². The molecule has 4 aromatic heterocycles. The molecule has 0 radical (unpaired) electrons. The molecule has 4 aromatic carbocycles. The maximum atomic E-state index is 5.44. The monoisotopic (exact) mass is 578 g/mol. The normalized spacial score (nSPS) is 11.1. The fraction of sp³-hybridized carbons (Fsp3) is 0. The number of rotatable bonds is 6. The molecule has 5 nitrogen and oxygen atoms in total. The number of nitrogens with zero attached hydrogens (tertiary/aromatic N) is 5. The smallest absolute Gasteiger partial charge is 0.212 e. The molecule has 212 valence electrons. The highest BCUT2D eigenvalue weighted by Gasteiger charge is 2.23. The predicted octanol–water partition coefficient (Wildman–Crippen LogP) is 8.71. The average Bonchev–Trinajstić information content (AvgIpc) is 3.52. The van der Waals surface area contributed by atoms with E-state index >= 15 is 0 Å². The number of hydrogen-bond acceptors (Lipinski definition) is 3. The minimum absolute atomic E-state index is 0.828. The molecule has 0 bridgehead atoms. The summed E-state index contributed by atoms with van der Waals surface area (Å²) in [5, 5.41) is 0. The standard InChI is InChI=1S/C40H28N5/c1-4-15-29(16-5-1)36-37(30-17-6-2-7-18-30)43-39(38(42-36)31-19-8-3-9-20-31)32-21-14-22-33(27-32)40-34(35-23-10-11-24-41-35)28-44-25-12-13-26-45(40)44/h1-28H/q+1. The molecule has 0 saturated carbocycles. The molecule has 5 heteroatoms. The van der Waals surface area contributed by atoms with E-state index in [0.29, 0.717) is 0 Å². The number of fused-ring (bicyclic) bond motifs is 1. The lowest BCUT2D eigenvalue weighted by Gasteiger charge is -2.16. The first-order chi connectivity index (χ1) is 22.3. The minimum Gasteiger partial charge on any atom is -0.256 e. The third kappa shape index (κ3) is 4.96. The van der Waals surface area contributed by atoms with Crippen LogP contribution in [0.15, 0.2) is 170 Å². The van der Waals surface area contributed by atoms with Crippen molar-refractivity contribution in [3.63, 3.8) is 0 Å². The van der Waals surface area contributed by atoms with Crippen molar-refractivity contribution in [2.45, 2.75) is 0 Å². The molecule has 8 rings (SSSR count). The molecule has 0 aliphatic heterocycles. The van der Waals surface area contributed by atoms with Gasteiger partial charge in [0, 0.05) is 40.1 Å². The van der Waals surface area contributed by atoms with Crippen LogP contribution in [0.25, 0.3) is 67.5 Å². The molecule has 0 aliphatic rings. The lowest BCUT2D eigenvalue weighted by atomic mass is 9.97. The van der Waals surface area contributed by atoms with Crippen LogP contribution in [0, 0.1) is 0 Å². The zero-order valence-corrected chi connectivity index (χ0v) is 24.4. The molecular weight excluding hydrogens is 550 g/mol. The summed E-state index contributed by atoms with van der Waals surface area (Å²) in [4.78, 5) is 15.5. The van der Waals surface area contributed by atoms with E-state index in [9.17, 15) is 0 Å². The SMILES string of the molecule is c1ccc(-c2nc(-c3ccccc3)c(-c3cccc(-c4c(-c5ccccn5)c[n+]5ccccn45)c3)nc2-c2ccccc2)cc1. The van der Waals surface area contributed by atoms with Crippen molar-refractivity contribution >= 4 is 0 Å². The Labute approximate surface area is 261 Å². The summed E-state index contributed by atoms with van der Waals surface area (Å²) in [6, 6.07) is 49.7. The largest absolute Gasteiger partial charge is 0.256 e. The Balaban J connectivity index is 1.39. The van der Waals surface area contributed by atoms with Crippen molar-refractivity contribution in [1.29, 1.82) is 0 Å². The van der Waals surface area contributed by atoms with Crippen molar-refractivity contribution in [1.82, 2.24) is 19.5 Å². The number of benzene rings is 4. The van der Waals surface area contributed by atoms with E-state index in [4.69, 9.17) is 15.0 Å². The summed E-state index contributed by atoms with van der Waals surface area (Å²) >= 11 is 0. The van der Waals surface area contributed by atoms with Crippen LogP contribution in [0.3, 0.4) is 0 Å². The van der Waals surface area contributed by atoms with Gasteiger partial charge in [-0.25, -0.2) is 9.97 Å². The van der Waals surface area contributed by atoms with Gasteiger partial charge in [-0.2, -0.15) is 0 Å². The highest BCUT2D eigenvalue weighted by Crippen LogP contribution is 2.39. The molecule has 0 amide bonds. The van der Waals surface area contributed by atoms with Crippen LogP contribution in [0.2, 0.25) is 0 Å². The quantitative estimate of drug-likeness (QED) is 0.185. The Kier molecular flexibility index (Phi) is 6.74.